The largest absolute Gasteiger partial charge is 0.445 e. The number of aromatic nitrogens is 2. The van der Waals surface area contributed by atoms with Crippen molar-refractivity contribution < 1.29 is 18.0 Å². The second-order valence-electron chi connectivity index (χ2n) is 5.95. The molecule has 4 aromatic rings. The zero-order chi connectivity index (χ0) is 19.7. The zero-order valence-corrected chi connectivity index (χ0v) is 15.4. The number of hydrogen-bond acceptors (Lipinski definition) is 5. The molecule has 0 saturated heterocycles. The van der Waals surface area contributed by atoms with Crippen LogP contribution in [0.2, 0.25) is 0 Å². The molecule has 1 N–H and O–H groups in total. The number of carbonyl (C=O) groups is 1. The Morgan fingerprint density at radius 3 is 2.64 bits per heavy atom. The maximum Gasteiger partial charge on any atom is 0.267 e. The number of hydrogen-bond donors (Lipinski definition) is 1. The van der Waals surface area contributed by atoms with Gasteiger partial charge < -0.3 is 9.73 Å². The van der Waals surface area contributed by atoms with Crippen LogP contribution in [0, 0.1) is 18.6 Å². The minimum Gasteiger partial charge on any atom is -0.445 e. The van der Waals surface area contributed by atoms with E-state index in [1.54, 1.807) is 6.20 Å². The molecule has 0 saturated carbocycles. The van der Waals surface area contributed by atoms with E-state index in [1.807, 2.05) is 25.1 Å². The van der Waals surface area contributed by atoms with Crippen molar-refractivity contribution in [1.29, 1.82) is 0 Å². The highest BCUT2D eigenvalue weighted by atomic mass is 32.1. The molecule has 4 rings (SSSR count). The van der Waals surface area contributed by atoms with Crippen LogP contribution < -0.4 is 5.32 Å². The maximum absolute atomic E-state index is 13.7. The van der Waals surface area contributed by atoms with Crippen molar-refractivity contribution in [2.24, 2.45) is 0 Å². The molecule has 0 aliphatic carbocycles. The van der Waals surface area contributed by atoms with Crippen LogP contribution in [0.1, 0.15) is 15.2 Å². The number of anilines is 1. The van der Waals surface area contributed by atoms with Gasteiger partial charge in [-0.3, -0.25) is 4.79 Å². The predicted molar refractivity (Wildman–Crippen MR) is 102 cm³/mol. The maximum atomic E-state index is 13.7. The summed E-state index contributed by atoms with van der Waals surface area (Å²) >= 11 is 1.13. The molecular weight excluding hydrogens is 384 g/mol. The number of aryl methyl sites for hydroxylation is 1. The summed E-state index contributed by atoms with van der Waals surface area (Å²) in [4.78, 5) is 21.1. The Morgan fingerprint density at radius 2 is 1.93 bits per heavy atom. The molecule has 2 aromatic carbocycles. The highest BCUT2D eigenvalue weighted by Crippen LogP contribution is 2.32. The number of nitrogens with one attached hydrogen (secondary N) is 1. The van der Waals surface area contributed by atoms with E-state index in [1.165, 1.54) is 18.5 Å². The average molecular weight is 397 g/mol. The van der Waals surface area contributed by atoms with Crippen LogP contribution in [0.4, 0.5) is 14.5 Å². The Balaban J connectivity index is 1.63. The van der Waals surface area contributed by atoms with E-state index in [-0.39, 0.29) is 4.88 Å². The van der Waals surface area contributed by atoms with Gasteiger partial charge in [-0.25, -0.2) is 18.7 Å². The number of benzene rings is 2. The van der Waals surface area contributed by atoms with Crippen LogP contribution >= 0.6 is 11.3 Å². The SMILES string of the molecule is Cc1ccc(-c2ncco2)cc1-c1ncc(C(=O)Nc2c(F)cccc2F)s1. The summed E-state index contributed by atoms with van der Waals surface area (Å²) in [5.74, 6) is -1.83. The molecule has 5 nitrogen and oxygen atoms in total. The molecule has 0 aliphatic heterocycles. The molecule has 0 aliphatic rings. The average Bonchev–Trinajstić information content (AvgIpc) is 3.37. The van der Waals surface area contributed by atoms with E-state index >= 15 is 0 Å². The predicted octanol–water partition coefficient (Wildman–Crippen LogP) is 5.30. The molecule has 2 heterocycles. The fraction of sp³-hybridized carbons (Fsp3) is 0.0500. The topological polar surface area (TPSA) is 68.0 Å². The summed E-state index contributed by atoms with van der Waals surface area (Å²) in [6.07, 6.45) is 4.43. The summed E-state index contributed by atoms with van der Waals surface area (Å²) in [6, 6.07) is 9.05. The number of halogens is 2. The normalized spacial score (nSPS) is 10.8. The Kier molecular flexibility index (Phi) is 4.70. The van der Waals surface area contributed by atoms with E-state index in [4.69, 9.17) is 4.42 Å². The van der Waals surface area contributed by atoms with Crippen LogP contribution in [0.15, 0.2) is 59.5 Å². The monoisotopic (exact) mass is 397 g/mol. The van der Waals surface area contributed by atoms with Crippen molar-refractivity contribution in [3.63, 3.8) is 0 Å². The van der Waals surface area contributed by atoms with E-state index < -0.39 is 23.2 Å². The van der Waals surface area contributed by atoms with Crippen molar-refractivity contribution >= 4 is 22.9 Å². The Hall–Kier alpha value is -3.39. The van der Waals surface area contributed by atoms with Crippen molar-refractivity contribution in [2.45, 2.75) is 6.92 Å². The number of carbonyl (C=O) groups excluding carboxylic acids is 1. The fourth-order valence-corrected chi connectivity index (χ4v) is 3.54. The Labute approximate surface area is 162 Å². The van der Waals surface area contributed by atoms with Gasteiger partial charge in [0.25, 0.3) is 5.91 Å². The molecule has 8 heteroatoms. The third-order valence-electron chi connectivity index (χ3n) is 4.08. The third-order valence-corrected chi connectivity index (χ3v) is 5.11. The Morgan fingerprint density at radius 1 is 1.14 bits per heavy atom. The molecular formula is C20H13F2N3O2S. The molecule has 0 fully saturated rings. The zero-order valence-electron chi connectivity index (χ0n) is 14.6. The first-order chi connectivity index (χ1) is 13.5. The minimum absolute atomic E-state index is 0.235. The second-order valence-corrected chi connectivity index (χ2v) is 6.98. The lowest BCUT2D eigenvalue weighted by molar-refractivity contribution is 0.102. The lowest BCUT2D eigenvalue weighted by Crippen LogP contribution is -2.12. The minimum atomic E-state index is -0.840. The van der Waals surface area contributed by atoms with Gasteiger partial charge >= 0.3 is 0 Å². The summed E-state index contributed by atoms with van der Waals surface area (Å²) in [5, 5.41) is 2.87. The standard InChI is InChI=1S/C20H13F2N3O2S/c1-11-5-6-12(19-23-7-8-27-19)9-13(11)20-24-10-16(28-20)18(26)25-17-14(21)3-2-4-15(17)22/h2-10H,1H3,(H,25,26). The van der Waals surface area contributed by atoms with E-state index in [9.17, 15) is 13.6 Å². The molecule has 0 radical (unpaired) electrons. The molecule has 0 bridgehead atoms. The van der Waals surface area contributed by atoms with Crippen molar-refractivity contribution in [2.75, 3.05) is 5.32 Å². The van der Waals surface area contributed by atoms with Crippen LogP contribution in [-0.4, -0.2) is 15.9 Å². The number of rotatable bonds is 4. The van der Waals surface area contributed by atoms with Crippen LogP contribution in [0.3, 0.4) is 0 Å². The van der Waals surface area contributed by atoms with Gasteiger partial charge in [-0.2, -0.15) is 0 Å². The number of nitrogens with zero attached hydrogens (tertiary/aromatic N) is 2. The van der Waals surface area contributed by atoms with Gasteiger partial charge in [-0.05, 0) is 36.8 Å². The quantitative estimate of drug-likeness (QED) is 0.507. The van der Waals surface area contributed by atoms with E-state index in [0.717, 1.165) is 40.2 Å². The summed E-state index contributed by atoms with van der Waals surface area (Å²) in [6.45, 7) is 1.92. The molecule has 0 unspecified atom stereocenters. The van der Waals surface area contributed by atoms with Gasteiger partial charge in [-0.1, -0.05) is 12.1 Å². The lowest BCUT2D eigenvalue weighted by Gasteiger charge is -2.06. The van der Waals surface area contributed by atoms with E-state index in [2.05, 4.69) is 15.3 Å². The smallest absolute Gasteiger partial charge is 0.267 e. The molecule has 2 aromatic heterocycles. The van der Waals surface area contributed by atoms with Crippen molar-refractivity contribution in [3.8, 4) is 22.0 Å². The van der Waals surface area contributed by atoms with Gasteiger partial charge in [0.05, 0.1) is 12.4 Å². The van der Waals surface area contributed by atoms with E-state index in [0.29, 0.717) is 10.9 Å². The summed E-state index contributed by atoms with van der Waals surface area (Å²) < 4.78 is 32.8. The molecule has 1 amide bonds. The van der Waals surface area contributed by atoms with Crippen LogP contribution in [0.5, 0.6) is 0 Å². The Bertz CT molecular complexity index is 1140. The molecule has 0 spiro atoms. The van der Waals surface area contributed by atoms with Gasteiger partial charge in [0.15, 0.2) is 0 Å². The number of amides is 1. The second kappa shape index (κ2) is 7.32. The first-order valence-corrected chi connectivity index (χ1v) is 9.06. The first kappa shape index (κ1) is 18.0. The highest BCUT2D eigenvalue weighted by molar-refractivity contribution is 7.17. The third kappa shape index (κ3) is 3.41. The lowest BCUT2D eigenvalue weighted by atomic mass is 10.1. The molecule has 0 atom stereocenters. The number of oxazole rings is 1. The van der Waals surface area contributed by atoms with Gasteiger partial charge in [-0.15, -0.1) is 11.3 Å². The fourth-order valence-electron chi connectivity index (χ4n) is 2.65. The first-order valence-electron chi connectivity index (χ1n) is 8.25. The van der Waals surface area contributed by atoms with Crippen molar-refractivity contribution in [1.82, 2.24) is 9.97 Å². The summed E-state index contributed by atoms with van der Waals surface area (Å²) in [5.41, 5.74) is 2.07. The van der Waals surface area contributed by atoms with Crippen LogP contribution in [-0.2, 0) is 0 Å². The highest BCUT2D eigenvalue weighted by Gasteiger charge is 2.17. The number of thiazole rings is 1. The van der Waals surface area contributed by atoms with Crippen molar-refractivity contribution in [3.05, 3.63) is 77.1 Å². The van der Waals surface area contributed by atoms with Gasteiger partial charge in [0, 0.05) is 11.1 Å². The van der Waals surface area contributed by atoms with Gasteiger partial charge in [0.1, 0.15) is 33.5 Å². The molecule has 140 valence electrons. The van der Waals surface area contributed by atoms with Gasteiger partial charge in [0.2, 0.25) is 5.89 Å². The number of para-hydroxylation sites is 1. The molecule has 28 heavy (non-hydrogen) atoms. The summed E-state index contributed by atoms with van der Waals surface area (Å²) in [7, 11) is 0. The van der Waals surface area contributed by atoms with Crippen LogP contribution in [0.25, 0.3) is 22.0 Å².